The van der Waals surface area contributed by atoms with Crippen molar-refractivity contribution in [3.05, 3.63) is 79.1 Å². The molecule has 0 radical (unpaired) electrons. The first-order valence-electron chi connectivity index (χ1n) is 9.50. The summed E-state index contributed by atoms with van der Waals surface area (Å²) in [5, 5.41) is 8.06. The molecule has 4 rings (SSSR count). The Bertz CT molecular complexity index is 1300. The van der Waals surface area contributed by atoms with Crippen molar-refractivity contribution in [2.75, 3.05) is 11.3 Å². The minimum Gasteiger partial charge on any atom is -0.491 e. The van der Waals surface area contributed by atoms with Crippen LogP contribution in [0.2, 0.25) is 0 Å². The maximum atomic E-state index is 14.0. The van der Waals surface area contributed by atoms with E-state index >= 15 is 0 Å². The van der Waals surface area contributed by atoms with E-state index in [2.05, 4.69) is 19.9 Å². The van der Waals surface area contributed by atoms with Crippen molar-refractivity contribution < 1.29 is 22.3 Å². The standard InChI is InChI=1S/C21H18FN5O4S/c1-2-30-19-8-7-17(13-18(19)22)32(28,29)26-15-3-5-16(6-4-15)31-21-10-9-20(24-25-21)27-12-11-23-14-27/h3-14,26H,2H2,1H3. The van der Waals surface area contributed by atoms with Gasteiger partial charge in [-0.15, -0.1) is 10.2 Å². The van der Waals surface area contributed by atoms with Crippen molar-refractivity contribution in [1.29, 1.82) is 0 Å². The fraction of sp³-hybridized carbons (Fsp3) is 0.0952. The number of sulfonamides is 1. The van der Waals surface area contributed by atoms with Crippen LogP contribution in [0.25, 0.3) is 5.82 Å². The van der Waals surface area contributed by atoms with Crippen LogP contribution in [0.1, 0.15) is 6.92 Å². The fourth-order valence-electron chi connectivity index (χ4n) is 2.75. The molecule has 0 aliphatic rings. The van der Waals surface area contributed by atoms with Crippen LogP contribution >= 0.6 is 0 Å². The highest BCUT2D eigenvalue weighted by molar-refractivity contribution is 7.92. The molecule has 4 aromatic rings. The molecule has 0 saturated heterocycles. The average Bonchev–Trinajstić information content (AvgIpc) is 3.32. The lowest BCUT2D eigenvalue weighted by molar-refractivity contribution is 0.321. The van der Waals surface area contributed by atoms with E-state index in [1.54, 1.807) is 54.5 Å². The molecule has 2 heterocycles. The molecule has 0 aliphatic heterocycles. The number of aromatic nitrogens is 4. The van der Waals surface area contributed by atoms with Crippen LogP contribution in [0.4, 0.5) is 10.1 Å². The Kier molecular flexibility index (Phi) is 5.99. The Morgan fingerprint density at radius 3 is 2.50 bits per heavy atom. The SMILES string of the molecule is CCOc1ccc(S(=O)(=O)Nc2ccc(Oc3ccc(-n4ccnc4)nn3)cc2)cc1F. The van der Waals surface area contributed by atoms with Gasteiger partial charge in [-0.2, -0.15) is 0 Å². The van der Waals surface area contributed by atoms with Gasteiger partial charge in [0.05, 0.1) is 11.5 Å². The molecular weight excluding hydrogens is 437 g/mol. The molecule has 1 N–H and O–H groups in total. The number of halogens is 1. The summed E-state index contributed by atoms with van der Waals surface area (Å²) in [5.74, 6) is 0.537. The molecule has 0 spiro atoms. The topological polar surface area (TPSA) is 108 Å². The van der Waals surface area contributed by atoms with Crippen LogP contribution in [-0.4, -0.2) is 34.8 Å². The van der Waals surface area contributed by atoms with Gasteiger partial charge in [0.15, 0.2) is 17.4 Å². The lowest BCUT2D eigenvalue weighted by Gasteiger charge is -2.11. The van der Waals surface area contributed by atoms with Gasteiger partial charge in [-0.05, 0) is 55.5 Å². The number of hydrogen-bond acceptors (Lipinski definition) is 7. The number of ether oxygens (including phenoxy) is 2. The second-order valence-corrected chi connectivity index (χ2v) is 8.14. The first-order valence-corrected chi connectivity index (χ1v) is 11.0. The molecule has 0 fully saturated rings. The molecule has 0 aliphatic carbocycles. The Morgan fingerprint density at radius 1 is 1.06 bits per heavy atom. The van der Waals surface area contributed by atoms with Gasteiger partial charge < -0.3 is 9.47 Å². The summed E-state index contributed by atoms with van der Waals surface area (Å²) in [6.45, 7) is 1.98. The molecule has 0 atom stereocenters. The summed E-state index contributed by atoms with van der Waals surface area (Å²) < 4.78 is 54.0. The number of hydrogen-bond donors (Lipinski definition) is 1. The van der Waals surface area contributed by atoms with Gasteiger partial charge in [-0.1, -0.05) is 0 Å². The molecule has 0 bridgehead atoms. The summed E-state index contributed by atoms with van der Waals surface area (Å²) in [6.07, 6.45) is 4.98. The summed E-state index contributed by atoms with van der Waals surface area (Å²) in [7, 11) is -3.98. The number of benzene rings is 2. The smallest absolute Gasteiger partial charge is 0.262 e. The number of nitrogens with zero attached hydrogens (tertiary/aromatic N) is 4. The Hall–Kier alpha value is -3.99. The zero-order chi connectivity index (χ0) is 22.6. The number of nitrogens with one attached hydrogen (secondary N) is 1. The van der Waals surface area contributed by atoms with Crippen LogP contribution in [0, 0.1) is 5.82 Å². The third kappa shape index (κ3) is 4.83. The Labute approximate surface area is 183 Å². The monoisotopic (exact) mass is 455 g/mol. The number of anilines is 1. The molecule has 2 aromatic heterocycles. The lowest BCUT2D eigenvalue weighted by Crippen LogP contribution is -2.13. The largest absolute Gasteiger partial charge is 0.491 e. The van der Waals surface area contributed by atoms with Crippen molar-refractivity contribution in [2.24, 2.45) is 0 Å². The van der Waals surface area contributed by atoms with Gasteiger partial charge in [0.2, 0.25) is 5.88 Å². The van der Waals surface area contributed by atoms with E-state index in [1.807, 2.05) is 0 Å². The predicted molar refractivity (Wildman–Crippen MR) is 114 cm³/mol. The first-order chi connectivity index (χ1) is 15.4. The van der Waals surface area contributed by atoms with Crippen LogP contribution in [-0.2, 0) is 10.0 Å². The van der Waals surface area contributed by atoms with Crippen LogP contribution in [0.5, 0.6) is 17.4 Å². The minimum atomic E-state index is -3.98. The van der Waals surface area contributed by atoms with Gasteiger partial charge >= 0.3 is 0 Å². The van der Waals surface area contributed by atoms with Gasteiger partial charge in [0.1, 0.15) is 12.1 Å². The van der Waals surface area contributed by atoms with Crippen LogP contribution in [0.15, 0.2) is 78.2 Å². The lowest BCUT2D eigenvalue weighted by atomic mass is 10.3. The van der Waals surface area contributed by atoms with E-state index in [9.17, 15) is 12.8 Å². The summed E-state index contributed by atoms with van der Waals surface area (Å²) in [6, 6.07) is 13.0. The highest BCUT2D eigenvalue weighted by atomic mass is 32.2. The number of imidazole rings is 1. The van der Waals surface area contributed by atoms with Crippen LogP contribution < -0.4 is 14.2 Å². The zero-order valence-electron chi connectivity index (χ0n) is 16.8. The van der Waals surface area contributed by atoms with E-state index in [-0.39, 0.29) is 28.8 Å². The quantitative estimate of drug-likeness (QED) is 0.431. The normalized spacial score (nSPS) is 11.2. The van der Waals surface area contributed by atoms with Crippen molar-refractivity contribution in [3.63, 3.8) is 0 Å². The molecule has 164 valence electrons. The molecule has 9 nitrogen and oxygen atoms in total. The van der Waals surface area contributed by atoms with E-state index in [0.29, 0.717) is 11.6 Å². The first kappa shape index (κ1) is 21.2. The maximum absolute atomic E-state index is 14.0. The zero-order valence-corrected chi connectivity index (χ0v) is 17.7. The summed E-state index contributed by atoms with van der Waals surface area (Å²) in [5.41, 5.74) is 0.285. The second kappa shape index (κ2) is 9.02. The molecule has 0 unspecified atom stereocenters. The molecule has 32 heavy (non-hydrogen) atoms. The predicted octanol–water partition coefficient (Wildman–Crippen LogP) is 3.79. The molecule has 2 aromatic carbocycles. The third-order valence-electron chi connectivity index (χ3n) is 4.24. The number of rotatable bonds is 8. The molecule has 11 heteroatoms. The molecule has 0 amide bonds. The third-order valence-corrected chi connectivity index (χ3v) is 5.62. The fourth-order valence-corrected chi connectivity index (χ4v) is 3.82. The van der Waals surface area contributed by atoms with Gasteiger partial charge in [0, 0.05) is 24.1 Å². The van der Waals surface area contributed by atoms with Gasteiger partial charge in [-0.3, -0.25) is 9.29 Å². The van der Waals surface area contributed by atoms with E-state index in [4.69, 9.17) is 9.47 Å². The Balaban J connectivity index is 1.42. The summed E-state index contributed by atoms with van der Waals surface area (Å²) >= 11 is 0. The average molecular weight is 455 g/mol. The van der Waals surface area contributed by atoms with Crippen molar-refractivity contribution in [1.82, 2.24) is 19.7 Å². The second-order valence-electron chi connectivity index (χ2n) is 6.46. The van der Waals surface area contributed by atoms with E-state index < -0.39 is 15.8 Å². The van der Waals surface area contributed by atoms with Crippen molar-refractivity contribution in [2.45, 2.75) is 11.8 Å². The highest BCUT2D eigenvalue weighted by Crippen LogP contribution is 2.25. The molecular formula is C21H18FN5O4S. The minimum absolute atomic E-state index is 0.00545. The summed E-state index contributed by atoms with van der Waals surface area (Å²) in [4.78, 5) is 3.73. The van der Waals surface area contributed by atoms with Crippen molar-refractivity contribution in [3.8, 4) is 23.2 Å². The van der Waals surface area contributed by atoms with Gasteiger partial charge in [0.25, 0.3) is 10.0 Å². The highest BCUT2D eigenvalue weighted by Gasteiger charge is 2.17. The molecule has 0 saturated carbocycles. The Morgan fingerprint density at radius 2 is 1.88 bits per heavy atom. The van der Waals surface area contributed by atoms with Crippen molar-refractivity contribution >= 4 is 15.7 Å². The van der Waals surface area contributed by atoms with E-state index in [1.165, 1.54) is 24.3 Å². The van der Waals surface area contributed by atoms with Crippen LogP contribution in [0.3, 0.4) is 0 Å². The van der Waals surface area contributed by atoms with Gasteiger partial charge in [-0.25, -0.2) is 17.8 Å². The van der Waals surface area contributed by atoms with E-state index in [0.717, 1.165) is 6.07 Å². The maximum Gasteiger partial charge on any atom is 0.262 e.